The zero-order valence-electron chi connectivity index (χ0n) is 9.85. The molecule has 0 aromatic rings. The quantitative estimate of drug-likeness (QED) is 0.148. The Morgan fingerprint density at radius 1 is 1.16 bits per heavy atom. The molecule has 0 heterocycles. The molecule has 0 bridgehead atoms. The second-order valence-electron chi connectivity index (χ2n) is 3.33. The smallest absolute Gasteiger partial charge is 0.184 e. The van der Waals surface area contributed by atoms with Crippen molar-refractivity contribution in [3.8, 4) is 0 Å². The molecule has 0 rings (SSSR count). The number of hydrogen-bond donors (Lipinski definition) is 7. The highest BCUT2D eigenvalue weighted by atomic mass is 32.1. The molecule has 2 unspecified atom stereocenters. The van der Waals surface area contributed by atoms with Crippen LogP contribution in [0, 0.1) is 0 Å². The molecule has 0 fully saturated rings. The number of nitrogens with zero attached hydrogens (tertiary/aromatic N) is 2. The van der Waals surface area contributed by atoms with E-state index < -0.39 is 18.8 Å². The van der Waals surface area contributed by atoms with Gasteiger partial charge in [-0.25, -0.2) is 0 Å². The molecule has 11 heteroatoms. The van der Waals surface area contributed by atoms with Crippen molar-refractivity contribution in [2.45, 2.75) is 18.6 Å². The normalized spacial score (nSPS) is 15.0. The Morgan fingerprint density at radius 2 is 1.74 bits per heavy atom. The molecule has 0 amide bonds. The second kappa shape index (κ2) is 9.52. The molecule has 0 saturated heterocycles. The first-order valence-electron chi connectivity index (χ1n) is 5.04. The van der Waals surface area contributed by atoms with Gasteiger partial charge in [0.25, 0.3) is 0 Å². The van der Waals surface area contributed by atoms with Gasteiger partial charge < -0.3 is 26.8 Å². The summed E-state index contributed by atoms with van der Waals surface area (Å²) in [6.07, 6.45) is -1.42. The first-order valence-corrected chi connectivity index (χ1v) is 5.86. The van der Waals surface area contributed by atoms with Gasteiger partial charge in [0.2, 0.25) is 0 Å². The molecule has 108 valence electrons. The van der Waals surface area contributed by atoms with Gasteiger partial charge in [0.15, 0.2) is 10.2 Å². The summed E-state index contributed by atoms with van der Waals surface area (Å²) in [5, 5.41) is 34.7. The average molecular weight is 308 g/mol. The number of nitrogens with one attached hydrogen (secondary N) is 2. The molecular formula is C8H16N6O3S2. The minimum absolute atomic E-state index is 0.0474. The van der Waals surface area contributed by atoms with Crippen LogP contribution in [-0.2, 0) is 0 Å². The SMILES string of the molecule is NC(=S)NN=CC(CC(O)C(O)CO)=NNC(N)=S. The summed E-state index contributed by atoms with van der Waals surface area (Å²) in [5.41, 5.74) is 15.2. The fraction of sp³-hybridized carbons (Fsp3) is 0.500. The van der Waals surface area contributed by atoms with Gasteiger partial charge in [0.05, 0.1) is 24.6 Å². The lowest BCUT2D eigenvalue weighted by molar-refractivity contribution is -0.00974. The molecular weight excluding hydrogens is 292 g/mol. The van der Waals surface area contributed by atoms with Crippen LogP contribution in [-0.4, -0.2) is 56.3 Å². The van der Waals surface area contributed by atoms with Gasteiger partial charge in [-0.15, -0.1) is 0 Å². The lowest BCUT2D eigenvalue weighted by Crippen LogP contribution is -2.33. The van der Waals surface area contributed by atoms with Gasteiger partial charge in [-0.1, -0.05) is 0 Å². The predicted molar refractivity (Wildman–Crippen MR) is 79.5 cm³/mol. The van der Waals surface area contributed by atoms with Crippen LogP contribution in [0.4, 0.5) is 0 Å². The Kier molecular flexibility index (Phi) is 8.82. The van der Waals surface area contributed by atoms with Gasteiger partial charge in [-0.2, -0.15) is 10.2 Å². The topological polar surface area (TPSA) is 162 Å². The van der Waals surface area contributed by atoms with E-state index in [4.69, 9.17) is 16.6 Å². The number of hydrazone groups is 2. The molecule has 0 saturated carbocycles. The summed E-state index contributed by atoms with van der Waals surface area (Å²) in [6, 6.07) is 0. The van der Waals surface area contributed by atoms with E-state index in [-0.39, 0.29) is 22.4 Å². The highest BCUT2D eigenvalue weighted by Gasteiger charge is 2.17. The van der Waals surface area contributed by atoms with E-state index in [1.54, 1.807) is 0 Å². The Morgan fingerprint density at radius 3 is 2.21 bits per heavy atom. The minimum Gasteiger partial charge on any atom is -0.394 e. The lowest BCUT2D eigenvalue weighted by Gasteiger charge is -2.15. The van der Waals surface area contributed by atoms with Crippen LogP contribution in [0.2, 0.25) is 0 Å². The van der Waals surface area contributed by atoms with Crippen molar-refractivity contribution in [3.63, 3.8) is 0 Å². The van der Waals surface area contributed by atoms with Gasteiger partial charge in [-0.3, -0.25) is 10.9 Å². The third-order valence-electron chi connectivity index (χ3n) is 1.75. The Labute approximate surface area is 120 Å². The van der Waals surface area contributed by atoms with E-state index in [1.807, 2.05) is 0 Å². The second-order valence-corrected chi connectivity index (χ2v) is 4.21. The average Bonchev–Trinajstić information content (AvgIpc) is 2.33. The summed E-state index contributed by atoms with van der Waals surface area (Å²) in [7, 11) is 0. The standard InChI is InChI=1S/C8H16N6O3S2/c9-7(18)13-11-2-4(12-14-8(10)19)1-5(16)6(17)3-15/h2,5-6,15-17H,1,3H2,(H3,9,13,18)(H3,10,14,19). The van der Waals surface area contributed by atoms with Crippen molar-refractivity contribution >= 4 is 46.6 Å². The molecule has 0 radical (unpaired) electrons. The molecule has 9 nitrogen and oxygen atoms in total. The maximum Gasteiger partial charge on any atom is 0.184 e. The number of aliphatic hydroxyl groups is 3. The fourth-order valence-corrected chi connectivity index (χ4v) is 0.995. The van der Waals surface area contributed by atoms with Gasteiger partial charge in [0.1, 0.15) is 6.10 Å². The number of thiocarbonyl (C=S) groups is 2. The molecule has 2 atom stereocenters. The molecule has 0 aliphatic rings. The van der Waals surface area contributed by atoms with Crippen LogP contribution in [0.15, 0.2) is 10.2 Å². The monoisotopic (exact) mass is 308 g/mol. The zero-order chi connectivity index (χ0) is 14.8. The van der Waals surface area contributed by atoms with Crippen molar-refractivity contribution in [2.24, 2.45) is 21.7 Å². The van der Waals surface area contributed by atoms with E-state index >= 15 is 0 Å². The summed E-state index contributed by atoms with van der Waals surface area (Å²) in [6.45, 7) is -0.584. The number of rotatable bonds is 7. The van der Waals surface area contributed by atoms with Crippen molar-refractivity contribution in [2.75, 3.05) is 6.61 Å². The van der Waals surface area contributed by atoms with Gasteiger partial charge >= 0.3 is 0 Å². The van der Waals surface area contributed by atoms with Gasteiger partial charge in [0, 0.05) is 6.42 Å². The highest BCUT2D eigenvalue weighted by molar-refractivity contribution is 7.80. The predicted octanol–water partition coefficient (Wildman–Crippen LogP) is -2.90. The summed E-state index contributed by atoms with van der Waals surface area (Å²) >= 11 is 9.10. The summed E-state index contributed by atoms with van der Waals surface area (Å²) in [4.78, 5) is 0. The maximum atomic E-state index is 9.55. The Hall–Kier alpha value is -1.40. The zero-order valence-corrected chi connectivity index (χ0v) is 11.5. The Bertz CT molecular complexity index is 375. The third-order valence-corrected chi connectivity index (χ3v) is 1.93. The van der Waals surface area contributed by atoms with Crippen molar-refractivity contribution in [3.05, 3.63) is 0 Å². The number of nitrogens with two attached hydrogens (primary N) is 2. The van der Waals surface area contributed by atoms with Crippen LogP contribution < -0.4 is 22.3 Å². The van der Waals surface area contributed by atoms with E-state index in [9.17, 15) is 10.2 Å². The van der Waals surface area contributed by atoms with Crippen LogP contribution >= 0.6 is 24.4 Å². The van der Waals surface area contributed by atoms with Crippen LogP contribution in [0.5, 0.6) is 0 Å². The van der Waals surface area contributed by atoms with Crippen molar-refractivity contribution in [1.29, 1.82) is 0 Å². The van der Waals surface area contributed by atoms with E-state index in [2.05, 4.69) is 45.5 Å². The van der Waals surface area contributed by atoms with E-state index in [0.717, 1.165) is 0 Å². The Balaban J connectivity index is 4.67. The van der Waals surface area contributed by atoms with Gasteiger partial charge in [-0.05, 0) is 24.4 Å². The summed E-state index contributed by atoms with van der Waals surface area (Å²) < 4.78 is 0. The van der Waals surface area contributed by atoms with E-state index in [0.29, 0.717) is 0 Å². The fourth-order valence-electron chi connectivity index (χ4n) is 0.897. The molecule has 0 aliphatic carbocycles. The number of aliphatic hydroxyl groups excluding tert-OH is 3. The molecule has 19 heavy (non-hydrogen) atoms. The minimum atomic E-state index is -1.30. The molecule has 0 spiro atoms. The van der Waals surface area contributed by atoms with Crippen molar-refractivity contribution in [1.82, 2.24) is 10.9 Å². The maximum absolute atomic E-state index is 9.55. The largest absolute Gasteiger partial charge is 0.394 e. The first-order chi connectivity index (χ1) is 8.86. The highest BCUT2D eigenvalue weighted by Crippen LogP contribution is 1.99. The first kappa shape index (κ1) is 17.6. The van der Waals surface area contributed by atoms with Crippen molar-refractivity contribution < 1.29 is 15.3 Å². The van der Waals surface area contributed by atoms with Crippen LogP contribution in [0.25, 0.3) is 0 Å². The summed E-state index contributed by atoms with van der Waals surface area (Å²) in [5.74, 6) is 0. The molecule has 0 aliphatic heterocycles. The van der Waals surface area contributed by atoms with Crippen LogP contribution in [0.1, 0.15) is 6.42 Å². The molecule has 9 N–H and O–H groups in total. The molecule has 0 aromatic heterocycles. The molecule has 0 aromatic carbocycles. The number of hydrogen-bond acceptors (Lipinski definition) is 7. The third kappa shape index (κ3) is 9.21. The van der Waals surface area contributed by atoms with Crippen LogP contribution in [0.3, 0.4) is 0 Å². The van der Waals surface area contributed by atoms with E-state index in [1.165, 1.54) is 6.21 Å². The lowest BCUT2D eigenvalue weighted by atomic mass is 10.1.